The van der Waals surface area contributed by atoms with Gasteiger partial charge in [-0.05, 0) is 18.6 Å². The van der Waals surface area contributed by atoms with Crippen LogP contribution in [0.5, 0.6) is 0 Å². The summed E-state index contributed by atoms with van der Waals surface area (Å²) in [5.41, 5.74) is 1.41. The number of hydrogen-bond donors (Lipinski definition) is 0. The number of amides is 1. The largest absolute Gasteiger partial charge is 0.278 e. The average Bonchev–Trinajstić information content (AvgIpc) is 2.28. The van der Waals surface area contributed by atoms with E-state index in [1.54, 1.807) is 19.3 Å². The van der Waals surface area contributed by atoms with E-state index >= 15 is 0 Å². The number of aromatic nitrogens is 1. The van der Waals surface area contributed by atoms with Crippen molar-refractivity contribution in [3.05, 3.63) is 35.7 Å². The summed E-state index contributed by atoms with van der Waals surface area (Å²) >= 11 is 0. The van der Waals surface area contributed by atoms with Crippen LogP contribution in [-0.2, 0) is 4.84 Å². The lowest BCUT2D eigenvalue weighted by atomic mass is 10.2. The van der Waals surface area contributed by atoms with Crippen LogP contribution in [-0.4, -0.2) is 30.1 Å². The smallest absolute Gasteiger partial charge is 0.274 e. The molecule has 0 aromatic carbocycles. The fourth-order valence-electron chi connectivity index (χ4n) is 1.12. The predicted octanol–water partition coefficient (Wildman–Crippen LogP) is 1.75. The minimum atomic E-state index is -0.212. The molecule has 4 nitrogen and oxygen atoms in total. The Morgan fingerprint density at radius 1 is 1.53 bits per heavy atom. The van der Waals surface area contributed by atoms with Gasteiger partial charge in [-0.1, -0.05) is 12.2 Å². The Bertz CT molecular complexity index is 375. The summed E-state index contributed by atoms with van der Waals surface area (Å²) in [5.74, 6) is -0.212. The first-order valence-electron chi connectivity index (χ1n) is 4.59. The van der Waals surface area contributed by atoms with Gasteiger partial charge in [0.15, 0.2) is 0 Å². The maximum absolute atomic E-state index is 11.7. The number of allylic oxidation sites excluding steroid dienone is 1. The molecule has 80 valence electrons. The number of hydroxylamine groups is 2. The molecule has 1 amide bonds. The third-order valence-corrected chi connectivity index (χ3v) is 1.93. The molecule has 0 aliphatic rings. The maximum Gasteiger partial charge on any atom is 0.278 e. The molecule has 1 aromatic heterocycles. The minimum absolute atomic E-state index is 0.212. The number of rotatable bonds is 3. The quantitative estimate of drug-likeness (QED) is 0.707. The van der Waals surface area contributed by atoms with Gasteiger partial charge in [0.25, 0.3) is 5.91 Å². The zero-order chi connectivity index (χ0) is 11.3. The molecule has 0 aliphatic carbocycles. The normalized spacial score (nSPS) is 10.6. The Morgan fingerprint density at radius 2 is 2.27 bits per heavy atom. The lowest BCUT2D eigenvalue weighted by Gasteiger charge is -2.13. The number of carbonyl (C=O) groups excluding carboxylic acids is 1. The van der Waals surface area contributed by atoms with E-state index in [2.05, 4.69) is 4.98 Å². The van der Waals surface area contributed by atoms with Gasteiger partial charge in [-0.25, -0.2) is 5.06 Å². The molecule has 0 aliphatic heterocycles. The first-order valence-corrected chi connectivity index (χ1v) is 4.59. The zero-order valence-electron chi connectivity index (χ0n) is 9.10. The van der Waals surface area contributed by atoms with Gasteiger partial charge in [-0.3, -0.25) is 14.6 Å². The van der Waals surface area contributed by atoms with Crippen LogP contribution in [0.4, 0.5) is 0 Å². The third kappa shape index (κ3) is 2.89. The van der Waals surface area contributed by atoms with Crippen LogP contribution < -0.4 is 0 Å². The lowest BCUT2D eigenvalue weighted by molar-refractivity contribution is -0.0757. The lowest BCUT2D eigenvalue weighted by Crippen LogP contribution is -2.25. The highest BCUT2D eigenvalue weighted by atomic mass is 16.7. The summed E-state index contributed by atoms with van der Waals surface area (Å²) in [6.07, 6.45) is 7.00. The van der Waals surface area contributed by atoms with E-state index in [1.165, 1.54) is 13.3 Å². The number of hydrogen-bond acceptors (Lipinski definition) is 3. The Hall–Kier alpha value is -1.68. The Morgan fingerprint density at radius 3 is 2.87 bits per heavy atom. The van der Waals surface area contributed by atoms with E-state index in [4.69, 9.17) is 4.84 Å². The molecule has 0 spiro atoms. The Kier molecular flexibility index (Phi) is 4.00. The van der Waals surface area contributed by atoms with E-state index in [1.807, 2.05) is 19.1 Å². The zero-order valence-corrected chi connectivity index (χ0v) is 9.10. The topological polar surface area (TPSA) is 42.4 Å². The molecular formula is C11H14N2O2. The summed E-state index contributed by atoms with van der Waals surface area (Å²) in [6, 6.07) is 1.77. The van der Waals surface area contributed by atoms with Crippen LogP contribution >= 0.6 is 0 Å². The first-order chi connectivity index (χ1) is 7.19. The van der Waals surface area contributed by atoms with E-state index in [-0.39, 0.29) is 5.91 Å². The van der Waals surface area contributed by atoms with E-state index in [9.17, 15) is 4.79 Å². The fourth-order valence-corrected chi connectivity index (χ4v) is 1.12. The van der Waals surface area contributed by atoms with Gasteiger partial charge in [-0.2, -0.15) is 0 Å². The maximum atomic E-state index is 11.7. The van der Waals surface area contributed by atoms with Gasteiger partial charge >= 0.3 is 0 Å². The summed E-state index contributed by atoms with van der Waals surface area (Å²) < 4.78 is 0. The van der Waals surface area contributed by atoms with Crippen LogP contribution in [0.15, 0.2) is 24.5 Å². The molecular weight excluding hydrogens is 192 g/mol. The number of nitrogens with zero attached hydrogens (tertiary/aromatic N) is 2. The van der Waals surface area contributed by atoms with Crippen LogP contribution in [0.2, 0.25) is 0 Å². The second-order valence-electron chi connectivity index (χ2n) is 2.99. The molecule has 1 heterocycles. The number of carbonyl (C=O) groups is 1. The monoisotopic (exact) mass is 206 g/mol. The highest BCUT2D eigenvalue weighted by Gasteiger charge is 2.11. The van der Waals surface area contributed by atoms with Crippen molar-refractivity contribution < 1.29 is 9.63 Å². The van der Waals surface area contributed by atoms with Gasteiger partial charge in [-0.15, -0.1) is 0 Å². The summed E-state index contributed by atoms with van der Waals surface area (Å²) in [4.78, 5) is 20.5. The molecule has 0 saturated heterocycles. The van der Waals surface area contributed by atoms with Gasteiger partial charge in [0.1, 0.15) is 0 Å². The van der Waals surface area contributed by atoms with Crippen LogP contribution in [0, 0.1) is 0 Å². The summed E-state index contributed by atoms with van der Waals surface area (Å²) in [5, 5.41) is 1.16. The molecule has 0 radical (unpaired) electrons. The molecule has 0 fully saturated rings. The van der Waals surface area contributed by atoms with Crippen molar-refractivity contribution in [3.63, 3.8) is 0 Å². The molecule has 1 rings (SSSR count). The van der Waals surface area contributed by atoms with E-state index in [0.717, 1.165) is 10.6 Å². The molecule has 15 heavy (non-hydrogen) atoms. The van der Waals surface area contributed by atoms with Gasteiger partial charge in [0.2, 0.25) is 0 Å². The third-order valence-electron chi connectivity index (χ3n) is 1.93. The molecule has 0 atom stereocenters. The SMILES string of the molecule is C/C=C/c1cncc(C(=O)N(C)OC)c1. The van der Waals surface area contributed by atoms with E-state index < -0.39 is 0 Å². The van der Waals surface area contributed by atoms with Crippen molar-refractivity contribution in [1.82, 2.24) is 10.0 Å². The molecule has 1 aromatic rings. The fraction of sp³-hybridized carbons (Fsp3) is 0.273. The number of pyridine rings is 1. The van der Waals surface area contributed by atoms with Crippen LogP contribution in [0.25, 0.3) is 6.08 Å². The van der Waals surface area contributed by atoms with Crippen LogP contribution in [0.1, 0.15) is 22.8 Å². The highest BCUT2D eigenvalue weighted by Crippen LogP contribution is 2.07. The molecule has 0 saturated carbocycles. The standard InChI is InChI=1S/C11H14N2O2/c1-4-5-9-6-10(8-12-7-9)11(14)13(2)15-3/h4-8H,1-3H3/b5-4+. The van der Waals surface area contributed by atoms with Gasteiger partial charge in [0, 0.05) is 19.4 Å². The Labute approximate surface area is 89.1 Å². The average molecular weight is 206 g/mol. The minimum Gasteiger partial charge on any atom is -0.274 e. The van der Waals surface area contributed by atoms with Crippen molar-refractivity contribution in [3.8, 4) is 0 Å². The van der Waals surface area contributed by atoms with Crippen molar-refractivity contribution in [2.24, 2.45) is 0 Å². The molecule has 0 bridgehead atoms. The van der Waals surface area contributed by atoms with E-state index in [0.29, 0.717) is 5.56 Å². The van der Waals surface area contributed by atoms with Gasteiger partial charge < -0.3 is 0 Å². The van der Waals surface area contributed by atoms with Crippen molar-refractivity contribution in [1.29, 1.82) is 0 Å². The molecule has 4 heteroatoms. The second-order valence-corrected chi connectivity index (χ2v) is 2.99. The predicted molar refractivity (Wildman–Crippen MR) is 58.0 cm³/mol. The van der Waals surface area contributed by atoms with Crippen LogP contribution in [0.3, 0.4) is 0 Å². The van der Waals surface area contributed by atoms with Gasteiger partial charge in [0.05, 0.1) is 12.7 Å². The summed E-state index contributed by atoms with van der Waals surface area (Å²) in [6.45, 7) is 1.91. The first kappa shape index (κ1) is 11.4. The molecule has 0 N–H and O–H groups in total. The summed E-state index contributed by atoms with van der Waals surface area (Å²) in [7, 11) is 3.01. The highest BCUT2D eigenvalue weighted by molar-refractivity contribution is 5.93. The second kappa shape index (κ2) is 5.26. The van der Waals surface area contributed by atoms with Crippen molar-refractivity contribution in [2.75, 3.05) is 14.2 Å². The van der Waals surface area contributed by atoms with Crippen molar-refractivity contribution in [2.45, 2.75) is 6.92 Å². The Balaban J connectivity index is 2.95. The van der Waals surface area contributed by atoms with Crippen molar-refractivity contribution >= 4 is 12.0 Å². The molecule has 0 unspecified atom stereocenters.